The van der Waals surface area contributed by atoms with Crippen molar-refractivity contribution in [2.45, 2.75) is 26.7 Å². The molecule has 1 aliphatic heterocycles. The number of piperidine rings is 1. The molecule has 0 radical (unpaired) electrons. The summed E-state index contributed by atoms with van der Waals surface area (Å²) in [6, 6.07) is 4.45. The fourth-order valence-corrected chi connectivity index (χ4v) is 2.72. The predicted molar refractivity (Wildman–Crippen MR) is 85.0 cm³/mol. The Labute approximate surface area is 130 Å². The normalized spacial score (nSPS) is 16.5. The first-order valence-corrected chi connectivity index (χ1v) is 7.73. The molecule has 1 aromatic rings. The number of aryl methyl sites for hydroxylation is 1. The van der Waals surface area contributed by atoms with Gasteiger partial charge in [-0.2, -0.15) is 0 Å². The van der Waals surface area contributed by atoms with E-state index in [1.807, 2.05) is 0 Å². The molecule has 1 N–H and O–H groups in total. The number of amides is 1. The van der Waals surface area contributed by atoms with Crippen LogP contribution in [0.15, 0.2) is 18.2 Å². The summed E-state index contributed by atoms with van der Waals surface area (Å²) >= 11 is 0. The van der Waals surface area contributed by atoms with Gasteiger partial charge in [0.1, 0.15) is 0 Å². The molecule has 0 saturated carbocycles. The molecule has 1 fully saturated rings. The summed E-state index contributed by atoms with van der Waals surface area (Å²) < 4.78 is 0. The van der Waals surface area contributed by atoms with Gasteiger partial charge in [-0.3, -0.25) is 14.9 Å². The fraction of sp³-hybridized carbons (Fsp3) is 0.562. The van der Waals surface area contributed by atoms with E-state index < -0.39 is 4.92 Å². The molecule has 1 aliphatic rings. The van der Waals surface area contributed by atoms with Crippen molar-refractivity contribution in [3.05, 3.63) is 39.4 Å². The molecule has 1 saturated heterocycles. The van der Waals surface area contributed by atoms with Crippen LogP contribution >= 0.6 is 0 Å². The molecular formula is C16H23N3O3. The van der Waals surface area contributed by atoms with Gasteiger partial charge in [0.05, 0.1) is 4.92 Å². The molecule has 120 valence electrons. The Morgan fingerprint density at radius 3 is 2.68 bits per heavy atom. The first kappa shape index (κ1) is 16.4. The third-order valence-corrected chi connectivity index (χ3v) is 4.25. The first-order valence-electron chi connectivity index (χ1n) is 7.73. The topological polar surface area (TPSA) is 75.5 Å². The second kappa shape index (κ2) is 7.35. The second-order valence-corrected chi connectivity index (χ2v) is 6.04. The molecule has 0 aromatic heterocycles. The summed E-state index contributed by atoms with van der Waals surface area (Å²) in [5.41, 5.74) is 1.01. The van der Waals surface area contributed by atoms with Crippen molar-refractivity contribution in [1.29, 1.82) is 0 Å². The van der Waals surface area contributed by atoms with Gasteiger partial charge in [0.25, 0.3) is 11.6 Å². The molecule has 0 bridgehead atoms. The van der Waals surface area contributed by atoms with Crippen LogP contribution in [0.4, 0.5) is 5.69 Å². The van der Waals surface area contributed by atoms with Gasteiger partial charge in [0, 0.05) is 30.3 Å². The number of nitrogens with one attached hydrogen (secondary N) is 1. The van der Waals surface area contributed by atoms with Crippen LogP contribution in [-0.4, -0.2) is 41.9 Å². The lowest BCUT2D eigenvalue weighted by atomic mass is 9.99. The van der Waals surface area contributed by atoms with Crippen LogP contribution in [0.1, 0.15) is 35.7 Å². The van der Waals surface area contributed by atoms with Crippen molar-refractivity contribution in [2.75, 3.05) is 26.2 Å². The van der Waals surface area contributed by atoms with Crippen molar-refractivity contribution >= 4 is 11.6 Å². The van der Waals surface area contributed by atoms with Crippen LogP contribution < -0.4 is 5.32 Å². The summed E-state index contributed by atoms with van der Waals surface area (Å²) in [6.45, 7) is 7.55. The van der Waals surface area contributed by atoms with Crippen molar-refractivity contribution in [3.63, 3.8) is 0 Å². The van der Waals surface area contributed by atoms with E-state index in [1.54, 1.807) is 13.0 Å². The van der Waals surface area contributed by atoms with Crippen molar-refractivity contribution in [1.82, 2.24) is 10.2 Å². The van der Waals surface area contributed by atoms with E-state index >= 15 is 0 Å². The molecule has 22 heavy (non-hydrogen) atoms. The highest BCUT2D eigenvalue weighted by molar-refractivity contribution is 5.94. The molecule has 1 amide bonds. The summed E-state index contributed by atoms with van der Waals surface area (Å²) in [6.07, 6.45) is 2.44. The number of likely N-dealkylation sites (tertiary alicyclic amines) is 1. The van der Waals surface area contributed by atoms with Gasteiger partial charge in [-0.25, -0.2) is 0 Å². The van der Waals surface area contributed by atoms with E-state index in [0.29, 0.717) is 17.7 Å². The summed E-state index contributed by atoms with van der Waals surface area (Å²) in [5.74, 6) is 0.623. The molecule has 0 unspecified atom stereocenters. The molecule has 0 spiro atoms. The van der Waals surface area contributed by atoms with Gasteiger partial charge in [0.2, 0.25) is 0 Å². The number of nitrogens with zero attached hydrogens (tertiary/aromatic N) is 2. The van der Waals surface area contributed by atoms with E-state index in [2.05, 4.69) is 17.1 Å². The molecule has 1 heterocycles. The molecule has 2 rings (SSSR count). The number of hydrogen-bond donors (Lipinski definition) is 1. The number of rotatable bonds is 5. The van der Waals surface area contributed by atoms with Gasteiger partial charge in [-0.05, 0) is 50.9 Å². The Kier molecular flexibility index (Phi) is 5.49. The highest BCUT2D eigenvalue weighted by Crippen LogP contribution is 2.18. The monoisotopic (exact) mass is 305 g/mol. The second-order valence-electron chi connectivity index (χ2n) is 6.04. The van der Waals surface area contributed by atoms with E-state index in [9.17, 15) is 14.9 Å². The van der Waals surface area contributed by atoms with Crippen LogP contribution in [0, 0.1) is 23.0 Å². The van der Waals surface area contributed by atoms with E-state index in [-0.39, 0.29) is 11.6 Å². The third-order valence-electron chi connectivity index (χ3n) is 4.25. The van der Waals surface area contributed by atoms with Gasteiger partial charge in [-0.1, -0.05) is 6.92 Å². The fourth-order valence-electron chi connectivity index (χ4n) is 2.72. The van der Waals surface area contributed by atoms with Crippen LogP contribution in [0.5, 0.6) is 0 Å². The van der Waals surface area contributed by atoms with Gasteiger partial charge in [-0.15, -0.1) is 0 Å². The minimum absolute atomic E-state index is 0.0407. The summed E-state index contributed by atoms with van der Waals surface area (Å²) in [7, 11) is 0. The molecule has 0 atom stereocenters. The Morgan fingerprint density at radius 1 is 1.41 bits per heavy atom. The maximum Gasteiger partial charge on any atom is 0.272 e. The van der Waals surface area contributed by atoms with Crippen LogP contribution in [0.25, 0.3) is 0 Å². The zero-order chi connectivity index (χ0) is 16.1. The maximum atomic E-state index is 12.1. The number of carbonyl (C=O) groups excluding carboxylic acids is 1. The van der Waals surface area contributed by atoms with E-state index in [4.69, 9.17) is 0 Å². The minimum Gasteiger partial charge on any atom is -0.351 e. The largest absolute Gasteiger partial charge is 0.351 e. The van der Waals surface area contributed by atoms with Crippen molar-refractivity contribution in [2.24, 2.45) is 5.92 Å². The highest BCUT2D eigenvalue weighted by atomic mass is 16.6. The molecule has 1 aromatic carbocycles. The summed E-state index contributed by atoms with van der Waals surface area (Å²) in [5, 5.41) is 13.7. The lowest BCUT2D eigenvalue weighted by Crippen LogP contribution is -2.39. The Morgan fingerprint density at radius 2 is 2.09 bits per heavy atom. The van der Waals surface area contributed by atoms with Crippen LogP contribution in [0.3, 0.4) is 0 Å². The molecule has 0 aliphatic carbocycles. The number of carbonyl (C=O) groups is 1. The Hall–Kier alpha value is -1.95. The van der Waals surface area contributed by atoms with E-state index in [1.165, 1.54) is 25.0 Å². The number of hydrogen-bond acceptors (Lipinski definition) is 4. The predicted octanol–water partition coefficient (Wildman–Crippen LogP) is 2.36. The average molecular weight is 305 g/mol. The molecule has 6 heteroatoms. The standard InChI is InChI=1S/C16H23N3O3/c1-12-5-8-18(9-6-12)10-7-17-16(20)14-3-4-15(19(21)22)13(2)11-14/h3-4,11-12H,5-10H2,1-2H3,(H,17,20). The lowest BCUT2D eigenvalue weighted by molar-refractivity contribution is -0.385. The number of benzene rings is 1. The van der Waals surface area contributed by atoms with Crippen LogP contribution in [-0.2, 0) is 0 Å². The Bertz CT molecular complexity index is 552. The number of nitro groups is 1. The summed E-state index contributed by atoms with van der Waals surface area (Å²) in [4.78, 5) is 24.8. The minimum atomic E-state index is -0.436. The van der Waals surface area contributed by atoms with E-state index in [0.717, 1.165) is 25.6 Å². The van der Waals surface area contributed by atoms with Gasteiger partial charge in [0.15, 0.2) is 0 Å². The van der Waals surface area contributed by atoms with Crippen molar-refractivity contribution in [3.8, 4) is 0 Å². The maximum absolute atomic E-state index is 12.1. The Balaban J connectivity index is 1.82. The molecular weight excluding hydrogens is 282 g/mol. The smallest absolute Gasteiger partial charge is 0.272 e. The average Bonchev–Trinajstić information content (AvgIpc) is 2.48. The third kappa shape index (κ3) is 4.27. The van der Waals surface area contributed by atoms with Gasteiger partial charge < -0.3 is 10.2 Å². The highest BCUT2D eigenvalue weighted by Gasteiger charge is 2.16. The zero-order valence-corrected chi connectivity index (χ0v) is 13.2. The number of nitro benzene ring substituents is 1. The van der Waals surface area contributed by atoms with Gasteiger partial charge >= 0.3 is 0 Å². The van der Waals surface area contributed by atoms with Crippen LogP contribution in [0.2, 0.25) is 0 Å². The molecule has 6 nitrogen and oxygen atoms in total. The first-order chi connectivity index (χ1) is 10.5. The lowest BCUT2D eigenvalue weighted by Gasteiger charge is -2.30. The zero-order valence-electron chi connectivity index (χ0n) is 13.2. The SMILES string of the molecule is Cc1cc(C(=O)NCCN2CCC(C)CC2)ccc1[N+](=O)[O-]. The van der Waals surface area contributed by atoms with Crippen molar-refractivity contribution < 1.29 is 9.72 Å². The quantitative estimate of drug-likeness (QED) is 0.669.